The average Bonchev–Trinajstić information content (AvgIpc) is 2.80. The normalized spacial score (nSPS) is 20.6. The van der Waals surface area contributed by atoms with Crippen molar-refractivity contribution >= 4 is 31.6 Å². The maximum absolute atomic E-state index is 11.6. The first kappa shape index (κ1) is 16.6. The molecular formula is C13H20BrN3O3S. The molecule has 6 nitrogen and oxygen atoms in total. The number of methoxy groups -OCH3 is 1. The molecule has 1 aliphatic rings. The second kappa shape index (κ2) is 7.02. The van der Waals surface area contributed by atoms with Gasteiger partial charge in [0, 0.05) is 19.6 Å². The van der Waals surface area contributed by atoms with Crippen LogP contribution < -0.4 is 5.32 Å². The van der Waals surface area contributed by atoms with Crippen LogP contribution in [0.1, 0.15) is 37.2 Å². The van der Waals surface area contributed by atoms with Crippen LogP contribution in [0.5, 0.6) is 0 Å². The number of rotatable bonds is 6. The summed E-state index contributed by atoms with van der Waals surface area (Å²) in [5.41, 5.74) is 0.741. The van der Waals surface area contributed by atoms with E-state index >= 15 is 0 Å². The van der Waals surface area contributed by atoms with E-state index in [-0.39, 0.29) is 17.4 Å². The van der Waals surface area contributed by atoms with Crippen molar-refractivity contribution in [3.05, 3.63) is 16.0 Å². The van der Waals surface area contributed by atoms with Gasteiger partial charge in [0.05, 0.1) is 28.3 Å². The number of hydrogen-bond acceptors (Lipinski definition) is 6. The van der Waals surface area contributed by atoms with Crippen molar-refractivity contribution in [2.24, 2.45) is 0 Å². The number of ether oxygens (including phenoxy) is 1. The zero-order chi connectivity index (χ0) is 15.5. The van der Waals surface area contributed by atoms with Gasteiger partial charge in [-0.05, 0) is 28.8 Å². The Kier molecular flexibility index (Phi) is 5.56. The van der Waals surface area contributed by atoms with Crippen molar-refractivity contribution in [2.45, 2.75) is 32.3 Å². The van der Waals surface area contributed by atoms with Crippen LogP contribution in [0, 0.1) is 0 Å². The van der Waals surface area contributed by atoms with E-state index in [0.717, 1.165) is 23.1 Å². The number of nitrogens with one attached hydrogen (secondary N) is 1. The molecule has 118 valence electrons. The number of nitrogens with zero attached hydrogens (tertiary/aromatic N) is 2. The van der Waals surface area contributed by atoms with E-state index in [1.807, 2.05) is 0 Å². The summed E-state index contributed by atoms with van der Waals surface area (Å²) in [4.78, 5) is 9.00. The Morgan fingerprint density at radius 2 is 2.19 bits per heavy atom. The molecule has 0 radical (unpaired) electrons. The van der Waals surface area contributed by atoms with Crippen LogP contribution in [-0.2, 0) is 21.2 Å². The zero-order valence-corrected chi connectivity index (χ0v) is 14.6. The molecule has 0 aliphatic carbocycles. The van der Waals surface area contributed by atoms with Crippen LogP contribution in [0.3, 0.4) is 0 Å². The molecule has 2 heterocycles. The van der Waals surface area contributed by atoms with E-state index < -0.39 is 9.84 Å². The molecule has 1 atom stereocenters. The standard InChI is InChI=1S/C13H20BrN3O3S/c1-3-5-15-13-11(14)10(7-20-2)16-12(17-13)9-4-6-21(18,19)8-9/h9H,3-8H2,1-2H3,(H,15,16,17). The molecule has 0 saturated carbocycles. The Balaban J connectivity index is 2.34. The lowest BCUT2D eigenvalue weighted by Gasteiger charge is -2.14. The molecule has 1 N–H and O–H groups in total. The van der Waals surface area contributed by atoms with Crippen LogP contribution in [0.4, 0.5) is 5.82 Å². The fraction of sp³-hybridized carbons (Fsp3) is 0.692. The number of aromatic nitrogens is 2. The lowest BCUT2D eigenvalue weighted by Crippen LogP contribution is -2.13. The van der Waals surface area contributed by atoms with Gasteiger partial charge in [-0.1, -0.05) is 6.92 Å². The van der Waals surface area contributed by atoms with Crippen LogP contribution in [0.25, 0.3) is 0 Å². The van der Waals surface area contributed by atoms with E-state index in [4.69, 9.17) is 4.74 Å². The maximum atomic E-state index is 11.6. The van der Waals surface area contributed by atoms with E-state index in [1.165, 1.54) is 0 Å². The monoisotopic (exact) mass is 377 g/mol. The number of halogens is 1. The molecule has 1 aromatic heterocycles. The predicted octanol–water partition coefficient (Wildman–Crippen LogP) is 2.11. The van der Waals surface area contributed by atoms with Gasteiger partial charge in [0.15, 0.2) is 9.84 Å². The lowest BCUT2D eigenvalue weighted by atomic mass is 10.1. The highest BCUT2D eigenvalue weighted by Crippen LogP contribution is 2.31. The zero-order valence-electron chi connectivity index (χ0n) is 12.2. The van der Waals surface area contributed by atoms with Crippen molar-refractivity contribution in [1.29, 1.82) is 0 Å². The van der Waals surface area contributed by atoms with Crippen molar-refractivity contribution in [3.63, 3.8) is 0 Å². The third kappa shape index (κ3) is 4.14. The minimum absolute atomic E-state index is 0.124. The van der Waals surface area contributed by atoms with Crippen molar-refractivity contribution in [2.75, 3.05) is 30.5 Å². The molecule has 0 bridgehead atoms. The fourth-order valence-electron chi connectivity index (χ4n) is 2.29. The third-order valence-corrected chi connectivity index (χ3v) is 5.96. The minimum atomic E-state index is -2.95. The molecule has 2 rings (SSSR count). The highest BCUT2D eigenvalue weighted by atomic mass is 79.9. The molecule has 0 spiro atoms. The molecule has 1 aromatic rings. The van der Waals surface area contributed by atoms with Crippen LogP contribution >= 0.6 is 15.9 Å². The van der Waals surface area contributed by atoms with Crippen LogP contribution in [-0.4, -0.2) is 43.5 Å². The molecule has 0 amide bonds. The summed E-state index contributed by atoms with van der Waals surface area (Å²) in [6.07, 6.45) is 1.56. The predicted molar refractivity (Wildman–Crippen MR) is 85.2 cm³/mol. The Hall–Kier alpha value is -0.730. The Morgan fingerprint density at radius 3 is 2.76 bits per heavy atom. The largest absolute Gasteiger partial charge is 0.378 e. The maximum Gasteiger partial charge on any atom is 0.151 e. The van der Waals surface area contributed by atoms with Gasteiger partial charge in [-0.25, -0.2) is 18.4 Å². The van der Waals surface area contributed by atoms with Gasteiger partial charge in [0.25, 0.3) is 0 Å². The SMILES string of the molecule is CCCNc1nc(C2CCS(=O)(=O)C2)nc(COC)c1Br. The molecule has 1 aliphatic heterocycles. The summed E-state index contributed by atoms with van der Waals surface area (Å²) in [5, 5.41) is 3.24. The van der Waals surface area contributed by atoms with Crippen LogP contribution in [0.2, 0.25) is 0 Å². The first-order valence-corrected chi connectivity index (χ1v) is 9.57. The fourth-order valence-corrected chi connectivity index (χ4v) is 4.46. The Labute approximate surface area is 133 Å². The van der Waals surface area contributed by atoms with Gasteiger partial charge in [0.1, 0.15) is 11.6 Å². The summed E-state index contributed by atoms with van der Waals surface area (Å²) >= 11 is 3.49. The third-order valence-electron chi connectivity index (χ3n) is 3.36. The molecule has 0 aromatic carbocycles. The summed E-state index contributed by atoms with van der Waals surface area (Å²) in [6.45, 7) is 3.23. The quantitative estimate of drug-likeness (QED) is 0.817. The first-order valence-electron chi connectivity index (χ1n) is 6.96. The Bertz CT molecular complexity index is 607. The summed E-state index contributed by atoms with van der Waals surface area (Å²) in [7, 11) is -1.35. The second-order valence-electron chi connectivity index (χ2n) is 5.15. The summed E-state index contributed by atoms with van der Waals surface area (Å²) < 4.78 is 29.2. The van der Waals surface area contributed by atoms with E-state index in [9.17, 15) is 8.42 Å². The van der Waals surface area contributed by atoms with Crippen LogP contribution in [0.15, 0.2) is 4.47 Å². The highest BCUT2D eigenvalue weighted by molar-refractivity contribution is 9.10. The number of sulfone groups is 1. The molecule has 21 heavy (non-hydrogen) atoms. The van der Waals surface area contributed by atoms with Gasteiger partial charge in [-0.2, -0.15) is 0 Å². The Morgan fingerprint density at radius 1 is 1.43 bits per heavy atom. The first-order chi connectivity index (χ1) is 9.96. The second-order valence-corrected chi connectivity index (χ2v) is 8.17. The molecule has 1 fully saturated rings. The minimum Gasteiger partial charge on any atom is -0.378 e. The molecular weight excluding hydrogens is 358 g/mol. The van der Waals surface area contributed by atoms with E-state index in [1.54, 1.807) is 7.11 Å². The molecule has 8 heteroatoms. The van der Waals surface area contributed by atoms with Gasteiger partial charge in [-0.3, -0.25) is 0 Å². The topological polar surface area (TPSA) is 81.2 Å². The number of anilines is 1. The van der Waals surface area contributed by atoms with E-state index in [2.05, 4.69) is 38.1 Å². The van der Waals surface area contributed by atoms with Crippen molar-refractivity contribution < 1.29 is 13.2 Å². The van der Waals surface area contributed by atoms with Gasteiger partial charge < -0.3 is 10.1 Å². The molecule has 1 saturated heterocycles. The van der Waals surface area contributed by atoms with Crippen molar-refractivity contribution in [1.82, 2.24) is 9.97 Å². The lowest BCUT2D eigenvalue weighted by molar-refractivity contribution is 0.180. The summed E-state index contributed by atoms with van der Waals surface area (Å²) in [6, 6.07) is 0. The molecule has 1 unspecified atom stereocenters. The average molecular weight is 378 g/mol. The van der Waals surface area contributed by atoms with Gasteiger partial charge in [-0.15, -0.1) is 0 Å². The van der Waals surface area contributed by atoms with Gasteiger partial charge in [0.2, 0.25) is 0 Å². The smallest absolute Gasteiger partial charge is 0.151 e. The highest BCUT2D eigenvalue weighted by Gasteiger charge is 2.31. The van der Waals surface area contributed by atoms with Crippen molar-refractivity contribution in [3.8, 4) is 0 Å². The van der Waals surface area contributed by atoms with Gasteiger partial charge >= 0.3 is 0 Å². The summed E-state index contributed by atoms with van der Waals surface area (Å²) in [5.74, 6) is 1.52. The van der Waals surface area contributed by atoms with E-state index in [0.29, 0.717) is 24.7 Å². The number of hydrogen-bond donors (Lipinski definition) is 1.